The van der Waals surface area contributed by atoms with Crippen LogP contribution in [0.1, 0.15) is 232 Å². The van der Waals surface area contributed by atoms with Crippen LogP contribution >= 0.6 is 0 Å². The van der Waals surface area contributed by atoms with Crippen LogP contribution in [-0.4, -0.2) is 89.0 Å². The molecule has 1 aliphatic heterocycles. The second-order valence-corrected chi connectivity index (χ2v) is 18.0. The predicted molar refractivity (Wildman–Crippen MR) is 256 cm³/mol. The van der Waals surface area contributed by atoms with Crippen molar-refractivity contribution in [2.75, 3.05) is 19.8 Å². The van der Waals surface area contributed by atoms with E-state index in [0.29, 0.717) is 6.42 Å². The Morgan fingerprint density at radius 3 is 1.41 bits per heavy atom. The van der Waals surface area contributed by atoms with Gasteiger partial charge in [-0.25, -0.2) is 4.79 Å². The first-order valence-corrected chi connectivity index (χ1v) is 26.1. The number of carbonyl (C=O) groups is 2. The van der Waals surface area contributed by atoms with E-state index in [0.717, 1.165) is 25.7 Å². The molecule has 0 aromatic rings. The number of carbonyl (C=O) groups excluding carboxylic acids is 2. The number of aliphatic hydroxyl groups is 4. The van der Waals surface area contributed by atoms with E-state index < -0.39 is 55.4 Å². The quantitative estimate of drug-likeness (QED) is 0.0153. The Bertz CT molecular complexity index is 1120. The molecule has 0 aromatic carbocycles. The lowest BCUT2D eigenvalue weighted by Crippen LogP contribution is -2.59. The molecule has 0 aliphatic carbocycles. The molecule has 63 heavy (non-hydrogen) atoms. The molecule has 10 heteroatoms. The van der Waals surface area contributed by atoms with E-state index in [-0.39, 0.29) is 19.6 Å². The molecular weight excluding hydrogens is 797 g/mol. The van der Waals surface area contributed by atoms with E-state index in [4.69, 9.17) is 18.9 Å². The van der Waals surface area contributed by atoms with Gasteiger partial charge in [0.1, 0.15) is 31.0 Å². The minimum atomic E-state index is -1.61. The molecule has 6 atom stereocenters. The maximum absolute atomic E-state index is 12.8. The van der Waals surface area contributed by atoms with Gasteiger partial charge in [-0.05, 0) is 38.5 Å². The van der Waals surface area contributed by atoms with Gasteiger partial charge in [-0.15, -0.1) is 0 Å². The summed E-state index contributed by atoms with van der Waals surface area (Å²) in [5, 5.41) is 40.1. The molecular formula is C53H96O10. The minimum Gasteiger partial charge on any atom is -0.458 e. The largest absolute Gasteiger partial charge is 0.458 e. The Hall–Kier alpha value is -2.08. The van der Waals surface area contributed by atoms with Crippen molar-refractivity contribution < 1.29 is 49.0 Å². The number of hydrogen-bond acceptors (Lipinski definition) is 10. The van der Waals surface area contributed by atoms with Crippen molar-refractivity contribution in [3.63, 3.8) is 0 Å². The molecule has 0 radical (unpaired) electrons. The number of unbranched alkanes of at least 4 members (excludes halogenated alkanes) is 30. The van der Waals surface area contributed by atoms with Crippen molar-refractivity contribution in [1.82, 2.24) is 0 Å². The highest BCUT2D eigenvalue weighted by Gasteiger charge is 2.44. The van der Waals surface area contributed by atoms with Crippen LogP contribution in [0.4, 0.5) is 0 Å². The molecule has 10 nitrogen and oxygen atoms in total. The van der Waals surface area contributed by atoms with Gasteiger partial charge in [0.15, 0.2) is 12.4 Å². The van der Waals surface area contributed by atoms with Gasteiger partial charge in [-0.3, -0.25) is 4.79 Å². The zero-order chi connectivity index (χ0) is 45.9. The summed E-state index contributed by atoms with van der Waals surface area (Å²) in [6, 6.07) is 0. The number of hydrogen-bond donors (Lipinski definition) is 4. The van der Waals surface area contributed by atoms with Crippen LogP contribution in [0, 0.1) is 0 Å². The summed E-state index contributed by atoms with van der Waals surface area (Å²) in [5.41, 5.74) is 0. The first-order valence-electron chi connectivity index (χ1n) is 26.1. The SMILES string of the molecule is CCCCCCCCCCCCC/C=C/C=C/C(=O)OC[C@H](CO[C@@H]1O[C@H](CO)[C@H](O)C(O)C1O)OC(=O)CCC/C=C/CCCCCCCCCCCCCCCCCCCC. The third-order valence-electron chi connectivity index (χ3n) is 12.1. The van der Waals surface area contributed by atoms with Crippen LogP contribution in [0.25, 0.3) is 0 Å². The molecule has 0 aromatic heterocycles. The molecule has 0 bridgehead atoms. The number of esters is 2. The second kappa shape index (κ2) is 43.8. The van der Waals surface area contributed by atoms with Crippen molar-refractivity contribution in [3.05, 3.63) is 36.5 Å². The van der Waals surface area contributed by atoms with Crippen LogP contribution in [0.15, 0.2) is 36.5 Å². The molecule has 0 spiro atoms. The monoisotopic (exact) mass is 893 g/mol. The maximum atomic E-state index is 12.8. The van der Waals surface area contributed by atoms with E-state index in [1.165, 1.54) is 186 Å². The van der Waals surface area contributed by atoms with Crippen molar-refractivity contribution in [1.29, 1.82) is 0 Å². The maximum Gasteiger partial charge on any atom is 0.330 e. The first-order chi connectivity index (χ1) is 30.8. The van der Waals surface area contributed by atoms with Crippen molar-refractivity contribution in [2.24, 2.45) is 0 Å². The highest BCUT2D eigenvalue weighted by molar-refractivity contribution is 5.82. The van der Waals surface area contributed by atoms with Crippen LogP contribution < -0.4 is 0 Å². The first kappa shape index (κ1) is 58.9. The van der Waals surface area contributed by atoms with E-state index in [2.05, 4.69) is 26.0 Å². The molecule has 1 rings (SSSR count). The Labute approximate surface area is 385 Å². The van der Waals surface area contributed by atoms with Crippen LogP contribution in [0.2, 0.25) is 0 Å². The fraction of sp³-hybridized carbons (Fsp3) is 0.849. The highest BCUT2D eigenvalue weighted by atomic mass is 16.7. The molecule has 1 aliphatic rings. The Balaban J connectivity index is 2.29. The average molecular weight is 893 g/mol. The number of allylic oxidation sites excluding steroid dienone is 5. The fourth-order valence-corrected chi connectivity index (χ4v) is 7.99. The Morgan fingerprint density at radius 2 is 0.952 bits per heavy atom. The van der Waals surface area contributed by atoms with Crippen molar-refractivity contribution in [3.8, 4) is 0 Å². The van der Waals surface area contributed by atoms with Crippen molar-refractivity contribution in [2.45, 2.75) is 269 Å². The van der Waals surface area contributed by atoms with Crippen LogP contribution in [-0.2, 0) is 28.5 Å². The number of aliphatic hydroxyl groups excluding tert-OH is 4. The predicted octanol–water partition coefficient (Wildman–Crippen LogP) is 12.2. The molecule has 1 fully saturated rings. The van der Waals surface area contributed by atoms with E-state index in [1.807, 2.05) is 12.2 Å². The summed E-state index contributed by atoms with van der Waals surface area (Å²) in [7, 11) is 0. The average Bonchev–Trinajstić information content (AvgIpc) is 3.28. The standard InChI is InChI=1S/C53H96O10/c1-3-5-7-9-11-13-15-17-19-20-21-22-23-24-25-26-28-30-32-34-36-38-40-42-49(56)62-46(45-61-53-52(59)51(58)50(57)47(43-54)63-53)44-60-48(55)41-39-37-35-33-31-29-27-18-16-14-12-10-8-6-4-2/h34-37,39,41,46-47,50-54,57-59H,3-33,38,40,42-45H2,1-2H3/b36-34+,37-35+,41-39+/t46-,47-,50+,51?,52?,53-/m1/s1. The summed E-state index contributed by atoms with van der Waals surface area (Å²) in [6.45, 7) is 3.31. The zero-order valence-corrected chi connectivity index (χ0v) is 40.3. The molecule has 1 heterocycles. The van der Waals surface area contributed by atoms with E-state index in [9.17, 15) is 30.0 Å². The van der Waals surface area contributed by atoms with Gasteiger partial charge in [0.25, 0.3) is 0 Å². The number of ether oxygens (including phenoxy) is 4. The van der Waals surface area contributed by atoms with Crippen molar-refractivity contribution >= 4 is 11.9 Å². The number of rotatable bonds is 44. The molecule has 2 unspecified atom stereocenters. The van der Waals surface area contributed by atoms with E-state index >= 15 is 0 Å². The minimum absolute atomic E-state index is 0.165. The zero-order valence-electron chi connectivity index (χ0n) is 40.3. The van der Waals surface area contributed by atoms with Crippen LogP contribution in [0.5, 0.6) is 0 Å². The highest BCUT2D eigenvalue weighted by Crippen LogP contribution is 2.23. The summed E-state index contributed by atoms with van der Waals surface area (Å²) >= 11 is 0. The third kappa shape index (κ3) is 34.9. The summed E-state index contributed by atoms with van der Waals surface area (Å²) in [4.78, 5) is 25.3. The second-order valence-electron chi connectivity index (χ2n) is 18.0. The van der Waals surface area contributed by atoms with Gasteiger partial charge >= 0.3 is 11.9 Å². The van der Waals surface area contributed by atoms with Gasteiger partial charge in [-0.1, -0.05) is 218 Å². The Morgan fingerprint density at radius 1 is 0.524 bits per heavy atom. The molecule has 0 saturated carbocycles. The lowest BCUT2D eigenvalue weighted by atomic mass is 9.99. The van der Waals surface area contributed by atoms with Gasteiger partial charge < -0.3 is 39.4 Å². The van der Waals surface area contributed by atoms with Gasteiger partial charge in [0.2, 0.25) is 0 Å². The molecule has 368 valence electrons. The summed E-state index contributed by atoms with van der Waals surface area (Å²) < 4.78 is 22.0. The lowest BCUT2D eigenvalue weighted by Gasteiger charge is -2.39. The molecule has 4 N–H and O–H groups in total. The molecule has 1 saturated heterocycles. The topological polar surface area (TPSA) is 152 Å². The fourth-order valence-electron chi connectivity index (χ4n) is 7.99. The normalized spacial score (nSPS) is 19.7. The van der Waals surface area contributed by atoms with Gasteiger partial charge in [0.05, 0.1) is 13.2 Å². The third-order valence-corrected chi connectivity index (χ3v) is 12.1. The van der Waals surface area contributed by atoms with Crippen LogP contribution in [0.3, 0.4) is 0 Å². The van der Waals surface area contributed by atoms with E-state index in [1.54, 1.807) is 6.08 Å². The summed E-state index contributed by atoms with van der Waals surface area (Å²) in [6.07, 6.45) is 45.2. The Kier molecular flexibility index (Phi) is 41.0. The molecule has 0 amide bonds. The smallest absolute Gasteiger partial charge is 0.330 e. The van der Waals surface area contributed by atoms with Gasteiger partial charge in [-0.2, -0.15) is 0 Å². The van der Waals surface area contributed by atoms with Gasteiger partial charge in [0, 0.05) is 12.5 Å². The summed E-state index contributed by atoms with van der Waals surface area (Å²) in [5.74, 6) is -1.09. The lowest BCUT2D eigenvalue weighted by molar-refractivity contribution is -0.305.